The van der Waals surface area contributed by atoms with Crippen LogP contribution in [0.2, 0.25) is 5.02 Å². The summed E-state index contributed by atoms with van der Waals surface area (Å²) in [6, 6.07) is 4.27. The highest BCUT2D eigenvalue weighted by Gasteiger charge is 2.23. The lowest BCUT2D eigenvalue weighted by Crippen LogP contribution is -2.20. The Morgan fingerprint density at radius 2 is 1.91 bits per heavy atom. The van der Waals surface area contributed by atoms with Gasteiger partial charge in [-0.1, -0.05) is 18.0 Å². The molecule has 5 heteroatoms. The lowest BCUT2D eigenvalue weighted by Gasteiger charge is -2.21. The van der Waals surface area contributed by atoms with Gasteiger partial charge in [0.2, 0.25) is 0 Å². The summed E-state index contributed by atoms with van der Waals surface area (Å²) in [6.07, 6.45) is 10.5. The van der Waals surface area contributed by atoms with E-state index in [1.165, 1.54) is 32.1 Å². The SMILES string of the molecule is Clc1c(OCC2CC2)ccc2nc(OC3CCCCC3)ncc12. The molecule has 0 amide bonds. The maximum absolute atomic E-state index is 6.44. The minimum atomic E-state index is 0.248. The number of ether oxygens (including phenoxy) is 2. The summed E-state index contributed by atoms with van der Waals surface area (Å²) in [4.78, 5) is 8.84. The van der Waals surface area contributed by atoms with E-state index >= 15 is 0 Å². The lowest BCUT2D eigenvalue weighted by molar-refractivity contribution is 0.142. The first kappa shape index (κ1) is 15.0. The van der Waals surface area contributed by atoms with Crippen LogP contribution < -0.4 is 9.47 Å². The molecular formula is C18H21ClN2O2. The summed E-state index contributed by atoms with van der Waals surface area (Å²) < 4.78 is 11.7. The molecule has 0 saturated heterocycles. The highest BCUT2D eigenvalue weighted by molar-refractivity contribution is 6.36. The minimum absolute atomic E-state index is 0.248. The van der Waals surface area contributed by atoms with Gasteiger partial charge in [-0.05, 0) is 56.6 Å². The first-order valence-corrected chi connectivity index (χ1v) is 8.92. The Kier molecular flexibility index (Phi) is 4.25. The molecule has 2 fully saturated rings. The van der Waals surface area contributed by atoms with E-state index in [0.717, 1.165) is 36.1 Å². The third-order valence-electron chi connectivity index (χ3n) is 4.64. The third-order valence-corrected chi connectivity index (χ3v) is 5.03. The zero-order valence-corrected chi connectivity index (χ0v) is 13.9. The van der Waals surface area contributed by atoms with Crippen LogP contribution in [0, 0.1) is 5.92 Å². The second-order valence-corrected chi connectivity index (χ2v) is 6.97. The number of nitrogens with zero attached hydrogens (tertiary/aromatic N) is 2. The average Bonchev–Trinajstić information content (AvgIpc) is 3.40. The van der Waals surface area contributed by atoms with Gasteiger partial charge < -0.3 is 9.47 Å². The minimum Gasteiger partial charge on any atom is -0.492 e. The van der Waals surface area contributed by atoms with Crippen LogP contribution in [0.15, 0.2) is 18.3 Å². The summed E-state index contributed by atoms with van der Waals surface area (Å²) in [5, 5.41) is 1.41. The van der Waals surface area contributed by atoms with E-state index in [9.17, 15) is 0 Å². The Balaban J connectivity index is 1.52. The van der Waals surface area contributed by atoms with Crippen molar-refractivity contribution in [1.29, 1.82) is 0 Å². The first-order chi connectivity index (χ1) is 11.3. The standard InChI is InChI=1S/C18H21ClN2O2/c19-17-14-10-20-18(23-13-4-2-1-3-5-13)21-15(14)8-9-16(17)22-11-12-6-7-12/h8-10,12-13H,1-7,11H2. The summed E-state index contributed by atoms with van der Waals surface area (Å²) >= 11 is 6.44. The molecule has 0 aliphatic heterocycles. The predicted molar refractivity (Wildman–Crippen MR) is 90.3 cm³/mol. The molecule has 2 aliphatic carbocycles. The Morgan fingerprint density at radius 3 is 2.70 bits per heavy atom. The lowest BCUT2D eigenvalue weighted by atomic mass is 9.98. The third kappa shape index (κ3) is 3.52. The Morgan fingerprint density at radius 1 is 1.09 bits per heavy atom. The van der Waals surface area contributed by atoms with Crippen LogP contribution in [0.3, 0.4) is 0 Å². The summed E-state index contributed by atoms with van der Waals surface area (Å²) in [7, 11) is 0. The molecule has 0 bridgehead atoms. The topological polar surface area (TPSA) is 44.2 Å². The molecule has 122 valence electrons. The highest BCUT2D eigenvalue weighted by Crippen LogP contribution is 2.35. The molecule has 1 aromatic heterocycles. The average molecular weight is 333 g/mol. The highest BCUT2D eigenvalue weighted by atomic mass is 35.5. The molecule has 4 rings (SSSR count). The molecule has 0 atom stereocenters. The van der Waals surface area contributed by atoms with E-state index in [1.54, 1.807) is 6.20 Å². The van der Waals surface area contributed by atoms with Crippen molar-refractivity contribution in [2.45, 2.75) is 51.0 Å². The van der Waals surface area contributed by atoms with Crippen molar-refractivity contribution in [2.75, 3.05) is 6.61 Å². The van der Waals surface area contributed by atoms with Crippen LogP contribution in [0.25, 0.3) is 10.9 Å². The van der Waals surface area contributed by atoms with Gasteiger partial charge in [0, 0.05) is 11.6 Å². The number of halogens is 1. The largest absolute Gasteiger partial charge is 0.492 e. The van der Waals surface area contributed by atoms with Crippen molar-refractivity contribution >= 4 is 22.5 Å². The molecule has 2 aliphatic rings. The second-order valence-electron chi connectivity index (χ2n) is 6.60. The van der Waals surface area contributed by atoms with Gasteiger partial charge in [0.05, 0.1) is 17.1 Å². The molecule has 2 saturated carbocycles. The van der Waals surface area contributed by atoms with Crippen LogP contribution in [0.4, 0.5) is 0 Å². The van der Waals surface area contributed by atoms with Crippen LogP contribution in [-0.4, -0.2) is 22.7 Å². The van der Waals surface area contributed by atoms with E-state index in [1.807, 2.05) is 12.1 Å². The number of aromatic nitrogens is 2. The Bertz CT molecular complexity index is 697. The molecular weight excluding hydrogens is 312 g/mol. The van der Waals surface area contributed by atoms with E-state index in [2.05, 4.69) is 9.97 Å². The fraction of sp³-hybridized carbons (Fsp3) is 0.556. The number of fused-ring (bicyclic) bond motifs is 1. The summed E-state index contributed by atoms with van der Waals surface area (Å²) in [5.41, 5.74) is 0.801. The van der Waals surface area contributed by atoms with Crippen LogP contribution >= 0.6 is 11.6 Å². The van der Waals surface area contributed by atoms with E-state index in [0.29, 0.717) is 17.0 Å². The predicted octanol–water partition coefficient (Wildman–Crippen LogP) is 4.78. The van der Waals surface area contributed by atoms with E-state index in [-0.39, 0.29) is 6.10 Å². The number of hydrogen-bond acceptors (Lipinski definition) is 4. The quantitative estimate of drug-likeness (QED) is 0.790. The van der Waals surface area contributed by atoms with Crippen molar-refractivity contribution in [3.8, 4) is 11.8 Å². The first-order valence-electron chi connectivity index (χ1n) is 8.54. The molecule has 2 aromatic rings. The Labute approximate surface area is 141 Å². The van der Waals surface area contributed by atoms with Crippen LogP contribution in [0.5, 0.6) is 11.8 Å². The van der Waals surface area contributed by atoms with Crippen molar-refractivity contribution in [3.05, 3.63) is 23.4 Å². The monoisotopic (exact) mass is 332 g/mol. The maximum atomic E-state index is 6.44. The number of hydrogen-bond donors (Lipinski definition) is 0. The normalized spacial score (nSPS) is 19.0. The maximum Gasteiger partial charge on any atom is 0.317 e. The molecule has 0 radical (unpaired) electrons. The van der Waals surface area contributed by atoms with Gasteiger partial charge in [-0.15, -0.1) is 0 Å². The van der Waals surface area contributed by atoms with Gasteiger partial charge in [0.15, 0.2) is 0 Å². The smallest absolute Gasteiger partial charge is 0.317 e. The van der Waals surface area contributed by atoms with Gasteiger partial charge in [-0.2, -0.15) is 4.98 Å². The van der Waals surface area contributed by atoms with Crippen molar-refractivity contribution in [2.24, 2.45) is 5.92 Å². The fourth-order valence-corrected chi connectivity index (χ4v) is 3.29. The zero-order valence-electron chi connectivity index (χ0n) is 13.1. The van der Waals surface area contributed by atoms with Gasteiger partial charge >= 0.3 is 6.01 Å². The van der Waals surface area contributed by atoms with Crippen molar-refractivity contribution < 1.29 is 9.47 Å². The van der Waals surface area contributed by atoms with Crippen molar-refractivity contribution in [3.63, 3.8) is 0 Å². The molecule has 0 N–H and O–H groups in total. The van der Waals surface area contributed by atoms with Gasteiger partial charge in [0.1, 0.15) is 11.9 Å². The molecule has 4 nitrogen and oxygen atoms in total. The molecule has 1 heterocycles. The van der Waals surface area contributed by atoms with Crippen molar-refractivity contribution in [1.82, 2.24) is 9.97 Å². The molecule has 0 spiro atoms. The van der Waals surface area contributed by atoms with Crippen LogP contribution in [-0.2, 0) is 0 Å². The molecule has 1 aromatic carbocycles. The van der Waals surface area contributed by atoms with Gasteiger partial charge in [0.25, 0.3) is 0 Å². The number of benzene rings is 1. The van der Waals surface area contributed by atoms with Crippen LogP contribution in [0.1, 0.15) is 44.9 Å². The zero-order chi connectivity index (χ0) is 15.6. The second kappa shape index (κ2) is 6.52. The summed E-state index contributed by atoms with van der Waals surface area (Å²) in [5.74, 6) is 1.42. The van der Waals surface area contributed by atoms with E-state index in [4.69, 9.17) is 21.1 Å². The molecule has 0 unspecified atom stereocenters. The fourth-order valence-electron chi connectivity index (χ4n) is 3.03. The van der Waals surface area contributed by atoms with Gasteiger partial charge in [-0.25, -0.2) is 4.98 Å². The molecule has 23 heavy (non-hydrogen) atoms. The van der Waals surface area contributed by atoms with E-state index < -0.39 is 0 Å². The number of rotatable bonds is 5. The Hall–Kier alpha value is -1.55. The summed E-state index contributed by atoms with van der Waals surface area (Å²) in [6.45, 7) is 0.745. The van der Waals surface area contributed by atoms with Gasteiger partial charge in [-0.3, -0.25) is 0 Å².